The van der Waals surface area contributed by atoms with Crippen molar-refractivity contribution in [1.82, 2.24) is 15.1 Å². The first-order valence-corrected chi connectivity index (χ1v) is 9.55. The van der Waals surface area contributed by atoms with E-state index in [1.807, 2.05) is 12.1 Å². The number of benzene rings is 1. The molecule has 2 heterocycles. The third kappa shape index (κ3) is 6.05. The zero-order valence-electron chi connectivity index (χ0n) is 14.1. The van der Waals surface area contributed by atoms with Crippen molar-refractivity contribution in [1.29, 1.82) is 0 Å². The first-order chi connectivity index (χ1) is 11.2. The van der Waals surface area contributed by atoms with Crippen LogP contribution in [0.15, 0.2) is 18.2 Å². The van der Waals surface area contributed by atoms with Gasteiger partial charge in [-0.2, -0.15) is 0 Å². The zero-order chi connectivity index (χ0) is 16.1. The number of nitrogens with zero attached hydrogens (tertiary/aromatic N) is 2. The van der Waals surface area contributed by atoms with Crippen molar-refractivity contribution in [3.8, 4) is 0 Å². The average Bonchev–Trinajstić information content (AvgIpc) is 2.58. The van der Waals surface area contributed by atoms with Gasteiger partial charge in [-0.15, -0.1) is 12.4 Å². The number of nitrogens with one attached hydrogen (secondary N) is 1. The van der Waals surface area contributed by atoms with Crippen molar-refractivity contribution in [2.24, 2.45) is 5.92 Å². The molecule has 1 aromatic carbocycles. The molecule has 0 amide bonds. The van der Waals surface area contributed by atoms with E-state index in [-0.39, 0.29) is 12.4 Å². The number of hydrogen-bond acceptors (Lipinski definition) is 3. The van der Waals surface area contributed by atoms with Gasteiger partial charge in [0.15, 0.2) is 0 Å². The smallest absolute Gasteiger partial charge is 0.0595 e. The Morgan fingerprint density at radius 1 is 1.04 bits per heavy atom. The van der Waals surface area contributed by atoms with Crippen LogP contribution in [0.3, 0.4) is 0 Å². The minimum Gasteiger partial charge on any atom is -0.316 e. The molecule has 6 heteroatoms. The van der Waals surface area contributed by atoms with Crippen LogP contribution < -0.4 is 5.32 Å². The molecular weight excluding hydrogens is 365 g/mol. The van der Waals surface area contributed by atoms with Crippen LogP contribution in [0.25, 0.3) is 0 Å². The van der Waals surface area contributed by atoms with Gasteiger partial charge in [-0.25, -0.2) is 0 Å². The van der Waals surface area contributed by atoms with Crippen LogP contribution in [0.5, 0.6) is 0 Å². The molecule has 2 aliphatic heterocycles. The van der Waals surface area contributed by atoms with Crippen LogP contribution >= 0.6 is 35.6 Å². The maximum atomic E-state index is 6.09. The second-order valence-corrected chi connectivity index (χ2v) is 7.67. The molecule has 0 bridgehead atoms. The lowest BCUT2D eigenvalue weighted by Crippen LogP contribution is -2.49. The maximum absolute atomic E-state index is 6.09. The van der Waals surface area contributed by atoms with Crippen molar-refractivity contribution in [3.05, 3.63) is 33.8 Å². The molecule has 1 N–H and O–H groups in total. The van der Waals surface area contributed by atoms with Crippen LogP contribution in [-0.4, -0.2) is 62.2 Å². The Kier molecular flexibility index (Phi) is 8.62. The lowest BCUT2D eigenvalue weighted by molar-refractivity contribution is 0.113. The molecule has 1 aromatic rings. The summed E-state index contributed by atoms with van der Waals surface area (Å²) in [7, 11) is 0. The summed E-state index contributed by atoms with van der Waals surface area (Å²) in [6.45, 7) is 9.57. The van der Waals surface area contributed by atoms with Crippen LogP contribution in [0.1, 0.15) is 18.4 Å². The van der Waals surface area contributed by atoms with E-state index in [2.05, 4.69) is 21.2 Å². The number of halogens is 3. The summed E-state index contributed by atoms with van der Waals surface area (Å²) >= 11 is 12.1. The van der Waals surface area contributed by atoms with Crippen molar-refractivity contribution in [3.63, 3.8) is 0 Å². The fraction of sp³-hybridized carbons (Fsp3) is 0.667. The van der Waals surface area contributed by atoms with Gasteiger partial charge in [-0.1, -0.05) is 29.3 Å². The Balaban J connectivity index is 0.00000208. The molecule has 0 spiro atoms. The molecule has 136 valence electrons. The Hall–Kier alpha value is -0.0300. The minimum atomic E-state index is 0. The first kappa shape index (κ1) is 20.3. The van der Waals surface area contributed by atoms with Gasteiger partial charge in [0, 0.05) is 39.3 Å². The van der Waals surface area contributed by atoms with Crippen molar-refractivity contribution in [2.75, 3.05) is 52.4 Å². The molecule has 3 rings (SSSR count). The molecule has 1 atom stereocenters. The van der Waals surface area contributed by atoms with E-state index in [0.717, 1.165) is 18.9 Å². The molecule has 0 radical (unpaired) electrons. The molecular formula is C18H28Cl3N3. The maximum Gasteiger partial charge on any atom is 0.0595 e. The molecule has 2 aliphatic rings. The van der Waals surface area contributed by atoms with Gasteiger partial charge in [0.05, 0.1) is 10.0 Å². The average molecular weight is 393 g/mol. The quantitative estimate of drug-likeness (QED) is 0.826. The van der Waals surface area contributed by atoms with Gasteiger partial charge >= 0.3 is 0 Å². The number of hydrogen-bond donors (Lipinski definition) is 1. The van der Waals surface area contributed by atoms with E-state index < -0.39 is 0 Å². The largest absolute Gasteiger partial charge is 0.316 e. The molecule has 0 aliphatic carbocycles. The van der Waals surface area contributed by atoms with E-state index in [0.29, 0.717) is 10.0 Å². The number of rotatable bonds is 5. The van der Waals surface area contributed by atoms with Gasteiger partial charge in [0.25, 0.3) is 0 Å². The summed E-state index contributed by atoms with van der Waals surface area (Å²) in [5.41, 5.74) is 1.27. The molecule has 24 heavy (non-hydrogen) atoms. The molecule has 0 aromatic heterocycles. The molecule has 1 unspecified atom stereocenters. The monoisotopic (exact) mass is 391 g/mol. The molecule has 0 saturated carbocycles. The van der Waals surface area contributed by atoms with Crippen LogP contribution in [0.2, 0.25) is 10.0 Å². The second-order valence-electron chi connectivity index (χ2n) is 6.85. The lowest BCUT2D eigenvalue weighted by atomic mass is 9.99. The normalized spacial score (nSPS) is 23.0. The van der Waals surface area contributed by atoms with E-state index >= 15 is 0 Å². The highest BCUT2D eigenvalue weighted by atomic mass is 35.5. The highest BCUT2D eigenvalue weighted by Gasteiger charge is 2.21. The minimum absolute atomic E-state index is 0. The van der Waals surface area contributed by atoms with E-state index in [9.17, 15) is 0 Å². The summed E-state index contributed by atoms with van der Waals surface area (Å²) in [6.07, 6.45) is 3.78. The Morgan fingerprint density at radius 3 is 2.46 bits per heavy atom. The fourth-order valence-corrected chi connectivity index (χ4v) is 3.94. The summed E-state index contributed by atoms with van der Waals surface area (Å²) in [4.78, 5) is 5.21. The summed E-state index contributed by atoms with van der Waals surface area (Å²) < 4.78 is 0. The fourth-order valence-electron chi connectivity index (χ4n) is 3.62. The van der Waals surface area contributed by atoms with Gasteiger partial charge in [-0.3, -0.25) is 0 Å². The summed E-state index contributed by atoms with van der Waals surface area (Å²) in [6, 6.07) is 5.98. The third-order valence-corrected chi connectivity index (χ3v) is 5.82. The zero-order valence-corrected chi connectivity index (χ0v) is 16.5. The van der Waals surface area contributed by atoms with E-state index in [4.69, 9.17) is 23.2 Å². The predicted molar refractivity (Wildman–Crippen MR) is 106 cm³/mol. The Labute approximate surface area is 162 Å². The van der Waals surface area contributed by atoms with Gasteiger partial charge in [0.2, 0.25) is 0 Å². The molecule has 2 fully saturated rings. The third-order valence-electron chi connectivity index (χ3n) is 5.08. The van der Waals surface area contributed by atoms with Crippen molar-refractivity contribution >= 4 is 35.6 Å². The van der Waals surface area contributed by atoms with Crippen LogP contribution in [-0.2, 0) is 6.42 Å². The van der Waals surface area contributed by atoms with Crippen molar-refractivity contribution < 1.29 is 0 Å². The summed E-state index contributed by atoms with van der Waals surface area (Å²) in [5, 5.41) is 4.83. The Bertz CT molecular complexity index is 498. The van der Waals surface area contributed by atoms with Crippen LogP contribution in [0, 0.1) is 5.92 Å². The van der Waals surface area contributed by atoms with E-state index in [1.165, 1.54) is 64.2 Å². The summed E-state index contributed by atoms with van der Waals surface area (Å²) in [5.74, 6) is 0.853. The lowest BCUT2D eigenvalue weighted by Gasteiger charge is -2.37. The van der Waals surface area contributed by atoms with E-state index in [1.54, 1.807) is 0 Å². The standard InChI is InChI=1S/C18H27Cl2N3.ClH/c19-17-4-3-15(12-18(17)20)5-7-22-8-10-23(11-9-22)14-16-2-1-6-21-13-16;/h3-4,12,16,21H,1-2,5-11,13-14H2;1H. The number of piperidine rings is 1. The number of piperazine rings is 1. The first-order valence-electron chi connectivity index (χ1n) is 8.80. The van der Waals surface area contributed by atoms with Crippen LogP contribution in [0.4, 0.5) is 0 Å². The van der Waals surface area contributed by atoms with Crippen molar-refractivity contribution in [2.45, 2.75) is 19.3 Å². The topological polar surface area (TPSA) is 18.5 Å². The Morgan fingerprint density at radius 2 is 1.79 bits per heavy atom. The highest BCUT2D eigenvalue weighted by Crippen LogP contribution is 2.23. The molecule has 2 saturated heterocycles. The van der Waals surface area contributed by atoms with Gasteiger partial charge < -0.3 is 15.1 Å². The second kappa shape index (κ2) is 10.2. The molecule has 3 nitrogen and oxygen atoms in total. The highest BCUT2D eigenvalue weighted by molar-refractivity contribution is 6.42. The predicted octanol–water partition coefficient (Wildman–Crippen LogP) is 3.57. The van der Waals surface area contributed by atoms with Gasteiger partial charge in [-0.05, 0) is 56.0 Å². The van der Waals surface area contributed by atoms with Gasteiger partial charge in [0.1, 0.15) is 0 Å². The SMILES string of the molecule is Cl.Clc1ccc(CCN2CCN(CC3CCCNC3)CC2)cc1Cl.